The van der Waals surface area contributed by atoms with Gasteiger partial charge in [0.15, 0.2) is 0 Å². The van der Waals surface area contributed by atoms with Crippen LogP contribution in [-0.4, -0.2) is 45.7 Å². The molecule has 0 fully saturated rings. The molecule has 0 bridgehead atoms. The lowest BCUT2D eigenvalue weighted by Gasteiger charge is -2.36. The van der Waals surface area contributed by atoms with Crippen LogP contribution in [0.25, 0.3) is 0 Å². The maximum Gasteiger partial charge on any atom is 0.0414 e. The van der Waals surface area contributed by atoms with Crippen LogP contribution in [0, 0.1) is 0 Å². The Morgan fingerprint density at radius 2 is 2.11 bits per heavy atom. The summed E-state index contributed by atoms with van der Waals surface area (Å²) in [5.74, 6) is 0. The standard InChI is InChI=1S/C15H25N3/c1-16-14-9-12-18(11-6-10-17(2)3)15-8-5-4-7-13(14)15/h4-5,7-8,14,16H,6,9-12H2,1-3H3. The summed E-state index contributed by atoms with van der Waals surface area (Å²) in [5.41, 5.74) is 2.87. The first kappa shape index (κ1) is 13.4. The molecular formula is C15H25N3. The van der Waals surface area contributed by atoms with Crippen molar-refractivity contribution in [2.45, 2.75) is 18.9 Å². The van der Waals surface area contributed by atoms with E-state index in [1.165, 1.54) is 24.1 Å². The number of fused-ring (bicyclic) bond motifs is 1. The third-order valence-electron chi connectivity index (χ3n) is 3.72. The summed E-state index contributed by atoms with van der Waals surface area (Å²) in [6.07, 6.45) is 2.43. The van der Waals surface area contributed by atoms with Crippen molar-refractivity contribution in [1.82, 2.24) is 10.2 Å². The fraction of sp³-hybridized carbons (Fsp3) is 0.600. The van der Waals surface area contributed by atoms with Crippen LogP contribution in [0.4, 0.5) is 5.69 Å². The molecule has 1 aliphatic heterocycles. The number of rotatable bonds is 5. The van der Waals surface area contributed by atoms with Crippen LogP contribution in [0.2, 0.25) is 0 Å². The fourth-order valence-corrected chi connectivity index (χ4v) is 2.74. The number of hydrogen-bond donors (Lipinski definition) is 1. The van der Waals surface area contributed by atoms with Gasteiger partial charge < -0.3 is 15.1 Å². The molecule has 100 valence electrons. The summed E-state index contributed by atoms with van der Waals surface area (Å²) in [5, 5.41) is 3.42. The second-order valence-electron chi connectivity index (χ2n) is 5.33. The Morgan fingerprint density at radius 1 is 1.33 bits per heavy atom. The number of para-hydroxylation sites is 1. The van der Waals surface area contributed by atoms with Crippen LogP contribution in [-0.2, 0) is 0 Å². The molecular weight excluding hydrogens is 222 g/mol. The average Bonchev–Trinajstić information content (AvgIpc) is 2.38. The predicted octanol–water partition coefficient (Wildman–Crippen LogP) is 2.11. The summed E-state index contributed by atoms with van der Waals surface area (Å²) in [4.78, 5) is 4.79. The van der Waals surface area contributed by atoms with E-state index in [0.29, 0.717) is 6.04 Å². The zero-order valence-corrected chi connectivity index (χ0v) is 11.8. The number of hydrogen-bond acceptors (Lipinski definition) is 3. The Morgan fingerprint density at radius 3 is 2.83 bits per heavy atom. The van der Waals surface area contributed by atoms with Gasteiger partial charge in [-0.1, -0.05) is 18.2 Å². The topological polar surface area (TPSA) is 18.5 Å². The van der Waals surface area contributed by atoms with Gasteiger partial charge in [-0.25, -0.2) is 0 Å². The molecule has 1 aromatic rings. The summed E-state index contributed by atoms with van der Waals surface area (Å²) in [7, 11) is 6.34. The lowest BCUT2D eigenvalue weighted by molar-refractivity contribution is 0.397. The molecule has 1 N–H and O–H groups in total. The van der Waals surface area contributed by atoms with Gasteiger partial charge in [-0.05, 0) is 52.2 Å². The van der Waals surface area contributed by atoms with Gasteiger partial charge in [0.25, 0.3) is 0 Å². The summed E-state index contributed by atoms with van der Waals surface area (Å²) in [6, 6.07) is 9.33. The van der Waals surface area contributed by atoms with E-state index in [4.69, 9.17) is 0 Å². The van der Waals surface area contributed by atoms with Gasteiger partial charge in [-0.3, -0.25) is 0 Å². The van der Waals surface area contributed by atoms with E-state index in [0.717, 1.165) is 19.6 Å². The molecule has 1 aromatic carbocycles. The highest BCUT2D eigenvalue weighted by Crippen LogP contribution is 2.33. The second-order valence-corrected chi connectivity index (χ2v) is 5.33. The van der Waals surface area contributed by atoms with Crippen LogP contribution < -0.4 is 10.2 Å². The maximum atomic E-state index is 3.42. The van der Waals surface area contributed by atoms with E-state index < -0.39 is 0 Å². The molecule has 18 heavy (non-hydrogen) atoms. The van der Waals surface area contributed by atoms with Crippen molar-refractivity contribution in [3.05, 3.63) is 29.8 Å². The number of anilines is 1. The van der Waals surface area contributed by atoms with Crippen LogP contribution in [0.1, 0.15) is 24.4 Å². The van der Waals surface area contributed by atoms with Crippen molar-refractivity contribution in [2.24, 2.45) is 0 Å². The predicted molar refractivity (Wildman–Crippen MR) is 78.2 cm³/mol. The third-order valence-corrected chi connectivity index (χ3v) is 3.72. The van der Waals surface area contributed by atoms with Crippen LogP contribution in [0.15, 0.2) is 24.3 Å². The van der Waals surface area contributed by atoms with Crippen molar-refractivity contribution in [2.75, 3.05) is 45.7 Å². The maximum absolute atomic E-state index is 3.42. The van der Waals surface area contributed by atoms with E-state index >= 15 is 0 Å². The SMILES string of the molecule is CNC1CCN(CCCN(C)C)c2ccccc21. The molecule has 1 unspecified atom stereocenters. The Kier molecular flexibility index (Phi) is 4.61. The summed E-state index contributed by atoms with van der Waals surface area (Å²) in [6.45, 7) is 3.48. The summed E-state index contributed by atoms with van der Waals surface area (Å²) >= 11 is 0. The van der Waals surface area contributed by atoms with E-state index in [-0.39, 0.29) is 0 Å². The normalized spacial score (nSPS) is 19.1. The zero-order chi connectivity index (χ0) is 13.0. The monoisotopic (exact) mass is 247 g/mol. The van der Waals surface area contributed by atoms with E-state index in [9.17, 15) is 0 Å². The van der Waals surface area contributed by atoms with Gasteiger partial charge in [-0.15, -0.1) is 0 Å². The summed E-state index contributed by atoms with van der Waals surface area (Å²) < 4.78 is 0. The molecule has 1 atom stereocenters. The molecule has 3 heteroatoms. The Balaban J connectivity index is 2.05. The van der Waals surface area contributed by atoms with E-state index in [2.05, 4.69) is 60.5 Å². The van der Waals surface area contributed by atoms with Crippen LogP contribution >= 0.6 is 0 Å². The molecule has 0 saturated carbocycles. The molecule has 0 aromatic heterocycles. The smallest absolute Gasteiger partial charge is 0.0414 e. The van der Waals surface area contributed by atoms with Crippen molar-refractivity contribution >= 4 is 5.69 Å². The molecule has 1 heterocycles. The Labute approximate surface area is 111 Å². The zero-order valence-electron chi connectivity index (χ0n) is 11.8. The Hall–Kier alpha value is -1.06. The second kappa shape index (κ2) is 6.21. The molecule has 0 spiro atoms. The van der Waals surface area contributed by atoms with Gasteiger partial charge in [0.05, 0.1) is 0 Å². The van der Waals surface area contributed by atoms with Crippen molar-refractivity contribution in [3.8, 4) is 0 Å². The third kappa shape index (κ3) is 3.03. The van der Waals surface area contributed by atoms with Crippen molar-refractivity contribution in [3.63, 3.8) is 0 Å². The number of nitrogens with one attached hydrogen (secondary N) is 1. The highest BCUT2D eigenvalue weighted by Gasteiger charge is 2.22. The van der Waals surface area contributed by atoms with E-state index in [1.807, 2.05) is 0 Å². The van der Waals surface area contributed by atoms with Gasteiger partial charge in [0.2, 0.25) is 0 Å². The van der Waals surface area contributed by atoms with Gasteiger partial charge in [-0.2, -0.15) is 0 Å². The lowest BCUT2D eigenvalue weighted by Crippen LogP contribution is -2.36. The highest BCUT2D eigenvalue weighted by atomic mass is 15.2. The lowest BCUT2D eigenvalue weighted by atomic mass is 9.96. The van der Waals surface area contributed by atoms with Crippen LogP contribution in [0.3, 0.4) is 0 Å². The molecule has 1 aliphatic rings. The van der Waals surface area contributed by atoms with Gasteiger partial charge >= 0.3 is 0 Å². The first-order chi connectivity index (χ1) is 8.72. The molecule has 3 nitrogen and oxygen atoms in total. The molecule has 2 rings (SSSR count). The molecule has 0 saturated heterocycles. The molecule has 0 amide bonds. The van der Waals surface area contributed by atoms with Gasteiger partial charge in [0, 0.05) is 24.8 Å². The van der Waals surface area contributed by atoms with Crippen LogP contribution in [0.5, 0.6) is 0 Å². The minimum absolute atomic E-state index is 0.520. The minimum atomic E-state index is 0.520. The Bertz CT molecular complexity index is 376. The quantitative estimate of drug-likeness (QED) is 0.860. The fourth-order valence-electron chi connectivity index (χ4n) is 2.74. The van der Waals surface area contributed by atoms with Gasteiger partial charge in [0.1, 0.15) is 0 Å². The van der Waals surface area contributed by atoms with E-state index in [1.54, 1.807) is 0 Å². The van der Waals surface area contributed by atoms with Crippen molar-refractivity contribution < 1.29 is 0 Å². The number of benzene rings is 1. The van der Waals surface area contributed by atoms with Crippen molar-refractivity contribution in [1.29, 1.82) is 0 Å². The largest absolute Gasteiger partial charge is 0.371 e. The average molecular weight is 247 g/mol. The minimum Gasteiger partial charge on any atom is -0.371 e. The number of nitrogens with zero attached hydrogens (tertiary/aromatic N) is 2. The first-order valence-electron chi connectivity index (χ1n) is 6.88. The molecule has 0 radical (unpaired) electrons. The first-order valence-corrected chi connectivity index (χ1v) is 6.88. The highest BCUT2D eigenvalue weighted by molar-refractivity contribution is 5.56. The molecule has 0 aliphatic carbocycles.